The van der Waals surface area contributed by atoms with Crippen LogP contribution in [0.3, 0.4) is 0 Å². The van der Waals surface area contributed by atoms with E-state index in [-0.39, 0.29) is 11.1 Å². The molecule has 8 nitrogen and oxygen atoms in total. The first-order valence-electron chi connectivity index (χ1n) is 5.16. The first-order valence-corrected chi connectivity index (χ1v) is 6.69. The van der Waals surface area contributed by atoms with E-state index in [2.05, 4.69) is 27.2 Å². The Bertz CT molecular complexity index is 499. The van der Waals surface area contributed by atoms with Crippen molar-refractivity contribution in [2.24, 2.45) is 0 Å². The standard InChI is InChI=1S/C11H15O8P/c1-7(2)10(12)17-5-9(19-20(14,15)16)6-18-11(13)8(3)4/h5H,1,3,6H2,2,4H3,(H2,14,15,16)/b9-5+. The molecule has 0 aromatic rings. The molecule has 0 bridgehead atoms. The van der Waals surface area contributed by atoms with Gasteiger partial charge < -0.3 is 14.0 Å². The molecule has 0 radical (unpaired) electrons. The molecule has 0 aromatic carbocycles. The number of hydrogen-bond acceptors (Lipinski definition) is 6. The summed E-state index contributed by atoms with van der Waals surface area (Å²) in [4.78, 5) is 39.6. The van der Waals surface area contributed by atoms with Gasteiger partial charge in [-0.25, -0.2) is 14.2 Å². The minimum Gasteiger partial charge on any atom is -0.454 e. The van der Waals surface area contributed by atoms with Crippen LogP contribution in [-0.2, 0) is 28.2 Å². The van der Waals surface area contributed by atoms with E-state index in [1.807, 2.05) is 0 Å². The lowest BCUT2D eigenvalue weighted by Gasteiger charge is -2.11. The third kappa shape index (κ3) is 8.25. The maximum Gasteiger partial charge on any atom is 0.524 e. The van der Waals surface area contributed by atoms with Gasteiger partial charge in [-0.15, -0.1) is 0 Å². The smallest absolute Gasteiger partial charge is 0.454 e. The fourth-order valence-corrected chi connectivity index (χ4v) is 1.12. The average molecular weight is 306 g/mol. The van der Waals surface area contributed by atoms with Gasteiger partial charge >= 0.3 is 19.8 Å². The minimum atomic E-state index is -4.88. The molecule has 0 unspecified atom stereocenters. The van der Waals surface area contributed by atoms with Gasteiger partial charge in [-0.05, 0) is 13.8 Å². The predicted molar refractivity (Wildman–Crippen MR) is 67.9 cm³/mol. The zero-order valence-corrected chi connectivity index (χ0v) is 11.9. The topological polar surface area (TPSA) is 119 Å². The molecule has 0 aliphatic rings. The van der Waals surface area contributed by atoms with E-state index in [1.54, 1.807) is 0 Å². The van der Waals surface area contributed by atoms with Crippen LogP contribution in [-0.4, -0.2) is 28.3 Å². The second kappa shape index (κ2) is 7.64. The molecule has 0 amide bonds. The van der Waals surface area contributed by atoms with Crippen LogP contribution in [0.2, 0.25) is 0 Å². The summed E-state index contributed by atoms with van der Waals surface area (Å²) in [6, 6.07) is 0. The maximum absolute atomic E-state index is 11.1. The Labute approximate surface area is 115 Å². The van der Waals surface area contributed by atoms with Crippen molar-refractivity contribution in [1.29, 1.82) is 0 Å². The summed E-state index contributed by atoms with van der Waals surface area (Å²) in [7, 11) is -4.88. The Kier molecular flexibility index (Phi) is 6.92. The van der Waals surface area contributed by atoms with Crippen molar-refractivity contribution in [2.45, 2.75) is 13.8 Å². The highest BCUT2D eigenvalue weighted by atomic mass is 31.2. The number of carbonyl (C=O) groups is 2. The summed E-state index contributed by atoms with van der Waals surface area (Å²) in [5, 5.41) is 0. The second-order valence-electron chi connectivity index (χ2n) is 3.71. The molecule has 0 saturated heterocycles. The van der Waals surface area contributed by atoms with Gasteiger partial charge in [0, 0.05) is 11.1 Å². The molecule has 0 aliphatic heterocycles. The van der Waals surface area contributed by atoms with Crippen molar-refractivity contribution in [3.8, 4) is 0 Å². The molecule has 0 fully saturated rings. The zero-order valence-electron chi connectivity index (χ0n) is 11.0. The van der Waals surface area contributed by atoms with Gasteiger partial charge in [-0.2, -0.15) is 0 Å². The van der Waals surface area contributed by atoms with Crippen molar-refractivity contribution >= 4 is 19.8 Å². The Morgan fingerprint density at radius 3 is 2.05 bits per heavy atom. The van der Waals surface area contributed by atoms with Crippen molar-refractivity contribution < 1.29 is 37.9 Å². The Balaban J connectivity index is 4.81. The van der Waals surface area contributed by atoms with Gasteiger partial charge in [-0.3, -0.25) is 9.79 Å². The van der Waals surface area contributed by atoms with Gasteiger partial charge in [0.1, 0.15) is 6.26 Å². The Morgan fingerprint density at radius 2 is 1.65 bits per heavy atom. The van der Waals surface area contributed by atoms with Crippen LogP contribution in [0.1, 0.15) is 13.8 Å². The number of ether oxygens (including phenoxy) is 2. The van der Waals surface area contributed by atoms with Crippen molar-refractivity contribution in [2.75, 3.05) is 6.61 Å². The van der Waals surface area contributed by atoms with E-state index in [9.17, 15) is 14.2 Å². The van der Waals surface area contributed by atoms with Gasteiger partial charge in [0.05, 0.1) is 0 Å². The first kappa shape index (κ1) is 18.1. The number of hydrogen-bond donors (Lipinski definition) is 2. The van der Waals surface area contributed by atoms with Crippen molar-refractivity contribution in [1.82, 2.24) is 0 Å². The minimum absolute atomic E-state index is 0.0655. The molecule has 112 valence electrons. The molecule has 0 saturated carbocycles. The molecule has 2 N–H and O–H groups in total. The molecule has 0 atom stereocenters. The summed E-state index contributed by atoms with van der Waals surface area (Å²) in [5.74, 6) is -2.16. The normalized spacial score (nSPS) is 11.5. The number of rotatable bonds is 7. The maximum atomic E-state index is 11.1. The average Bonchev–Trinajstić information content (AvgIpc) is 2.29. The molecule has 0 spiro atoms. The number of esters is 2. The lowest BCUT2D eigenvalue weighted by molar-refractivity contribution is -0.138. The summed E-state index contributed by atoms with van der Waals surface area (Å²) in [6.07, 6.45) is 0.627. The largest absolute Gasteiger partial charge is 0.524 e. The molecule has 9 heteroatoms. The summed E-state index contributed by atoms with van der Waals surface area (Å²) < 4.78 is 24.1. The molecule has 0 aliphatic carbocycles. The fraction of sp³-hybridized carbons (Fsp3) is 0.273. The highest BCUT2D eigenvalue weighted by Crippen LogP contribution is 2.38. The molecular weight excluding hydrogens is 291 g/mol. The van der Waals surface area contributed by atoms with Crippen LogP contribution in [0.25, 0.3) is 0 Å². The third-order valence-corrected chi connectivity index (χ3v) is 2.05. The highest BCUT2D eigenvalue weighted by molar-refractivity contribution is 7.46. The van der Waals surface area contributed by atoms with Crippen LogP contribution in [0.5, 0.6) is 0 Å². The van der Waals surface area contributed by atoms with Gasteiger partial charge in [-0.1, -0.05) is 13.2 Å². The molecule has 20 heavy (non-hydrogen) atoms. The van der Waals surface area contributed by atoms with Crippen LogP contribution in [0.4, 0.5) is 0 Å². The quantitative estimate of drug-likeness (QED) is 0.311. The van der Waals surface area contributed by atoms with E-state index in [0.717, 1.165) is 0 Å². The van der Waals surface area contributed by atoms with Gasteiger partial charge in [0.25, 0.3) is 0 Å². The third-order valence-electron chi connectivity index (χ3n) is 1.58. The van der Waals surface area contributed by atoms with Crippen molar-refractivity contribution in [3.05, 3.63) is 36.3 Å². The monoisotopic (exact) mass is 306 g/mol. The Hall–Kier alpha value is -1.89. The molecular formula is C11H15O8P. The first-order chi connectivity index (χ1) is 9.03. The number of carbonyl (C=O) groups excluding carboxylic acids is 2. The molecule has 0 rings (SSSR count). The van der Waals surface area contributed by atoms with Gasteiger partial charge in [0.15, 0.2) is 12.4 Å². The van der Waals surface area contributed by atoms with E-state index >= 15 is 0 Å². The predicted octanol–water partition coefficient (Wildman–Crippen LogP) is 1.18. The lowest BCUT2D eigenvalue weighted by atomic mass is 10.4. The van der Waals surface area contributed by atoms with Gasteiger partial charge in [0.2, 0.25) is 0 Å². The molecule has 0 heterocycles. The van der Waals surface area contributed by atoms with Crippen LogP contribution in [0, 0.1) is 0 Å². The van der Waals surface area contributed by atoms with E-state index in [1.165, 1.54) is 13.8 Å². The van der Waals surface area contributed by atoms with E-state index in [4.69, 9.17) is 9.79 Å². The summed E-state index contributed by atoms with van der Waals surface area (Å²) in [5.41, 5.74) is 0.148. The zero-order chi connectivity index (χ0) is 15.9. The van der Waals surface area contributed by atoms with Crippen molar-refractivity contribution in [3.63, 3.8) is 0 Å². The van der Waals surface area contributed by atoms with E-state index < -0.39 is 32.1 Å². The van der Waals surface area contributed by atoms with E-state index in [0.29, 0.717) is 6.26 Å². The summed E-state index contributed by atoms with van der Waals surface area (Å²) >= 11 is 0. The van der Waals surface area contributed by atoms with Crippen LogP contribution < -0.4 is 0 Å². The summed E-state index contributed by atoms with van der Waals surface area (Å²) in [6.45, 7) is 8.75. The molecule has 0 aromatic heterocycles. The highest BCUT2D eigenvalue weighted by Gasteiger charge is 2.20. The number of phosphoric ester groups is 1. The SMILES string of the molecule is C=C(C)C(=O)O/C=C(\COC(=O)C(=C)C)OP(=O)(O)O. The van der Waals surface area contributed by atoms with Crippen LogP contribution >= 0.6 is 7.82 Å². The second-order valence-corrected chi connectivity index (χ2v) is 4.87. The van der Waals surface area contributed by atoms with Crippen LogP contribution in [0.15, 0.2) is 36.3 Å². The fourth-order valence-electron chi connectivity index (χ4n) is 0.714. The Morgan fingerprint density at radius 1 is 1.15 bits per heavy atom. The lowest BCUT2D eigenvalue weighted by Crippen LogP contribution is -2.10. The number of phosphoric acid groups is 1.